The van der Waals surface area contributed by atoms with Gasteiger partial charge in [0.15, 0.2) is 0 Å². The van der Waals surface area contributed by atoms with Gasteiger partial charge in [0.1, 0.15) is 11.9 Å². The minimum Gasteiger partial charge on any atom is -0.490 e. The van der Waals surface area contributed by atoms with Gasteiger partial charge in [-0.2, -0.15) is 5.10 Å². The normalized spacial score (nSPS) is 15.9. The van der Waals surface area contributed by atoms with Crippen molar-refractivity contribution in [3.05, 3.63) is 59.2 Å². The number of piperidine rings is 1. The number of hydrogen-bond donors (Lipinski definition) is 1. The van der Waals surface area contributed by atoms with Crippen LogP contribution in [-0.2, 0) is 6.54 Å². The van der Waals surface area contributed by atoms with Gasteiger partial charge in [-0.3, -0.25) is 10.00 Å². The van der Waals surface area contributed by atoms with Crippen molar-refractivity contribution in [2.24, 2.45) is 0 Å². The van der Waals surface area contributed by atoms with E-state index in [2.05, 4.69) is 27.2 Å². The van der Waals surface area contributed by atoms with Crippen molar-refractivity contribution >= 4 is 34.9 Å². The zero-order chi connectivity index (χ0) is 16.4. The fourth-order valence-corrected chi connectivity index (χ4v) is 3.43. The highest BCUT2D eigenvalue weighted by Gasteiger charge is 2.21. The Bertz CT molecular complexity index is 828. The highest BCUT2D eigenvalue weighted by molar-refractivity contribution is 6.31. The molecular weight excluding hydrogens is 357 g/mol. The first-order valence-electron chi connectivity index (χ1n) is 8.33. The van der Waals surface area contributed by atoms with Gasteiger partial charge in [0, 0.05) is 30.0 Å². The molecule has 0 bridgehead atoms. The van der Waals surface area contributed by atoms with Crippen LogP contribution in [0.3, 0.4) is 0 Å². The molecule has 25 heavy (non-hydrogen) atoms. The Labute approximate surface area is 158 Å². The molecule has 1 N–H and O–H groups in total. The summed E-state index contributed by atoms with van der Waals surface area (Å²) in [6, 6.07) is 14.2. The van der Waals surface area contributed by atoms with E-state index < -0.39 is 0 Å². The molecule has 0 saturated carbocycles. The summed E-state index contributed by atoms with van der Waals surface area (Å²) in [5.41, 5.74) is 2.24. The van der Waals surface area contributed by atoms with Crippen LogP contribution in [0.15, 0.2) is 48.7 Å². The lowest BCUT2D eigenvalue weighted by atomic mass is 10.1. The van der Waals surface area contributed by atoms with Gasteiger partial charge in [0.2, 0.25) is 0 Å². The van der Waals surface area contributed by atoms with Crippen LogP contribution >= 0.6 is 24.0 Å². The SMILES string of the molecule is Cl.Clc1ccccc1CN1CCC(Oc2ccc3[nH]ncc3c2)CC1. The lowest BCUT2D eigenvalue weighted by Crippen LogP contribution is -2.37. The quantitative estimate of drug-likeness (QED) is 0.717. The molecule has 1 saturated heterocycles. The van der Waals surface area contributed by atoms with E-state index in [1.807, 2.05) is 36.5 Å². The Morgan fingerprint density at radius 2 is 1.96 bits per heavy atom. The van der Waals surface area contributed by atoms with Crippen molar-refractivity contribution in [2.75, 3.05) is 13.1 Å². The molecule has 1 aliphatic heterocycles. The van der Waals surface area contributed by atoms with Gasteiger partial charge in [0.05, 0.1) is 11.7 Å². The summed E-state index contributed by atoms with van der Waals surface area (Å²) < 4.78 is 6.16. The van der Waals surface area contributed by atoms with Crippen LogP contribution in [0.2, 0.25) is 5.02 Å². The largest absolute Gasteiger partial charge is 0.490 e. The van der Waals surface area contributed by atoms with Gasteiger partial charge >= 0.3 is 0 Å². The Kier molecular flexibility index (Phi) is 5.84. The second kappa shape index (κ2) is 8.09. The molecule has 1 fully saturated rings. The van der Waals surface area contributed by atoms with E-state index in [-0.39, 0.29) is 18.5 Å². The maximum Gasteiger partial charge on any atom is 0.120 e. The summed E-state index contributed by atoms with van der Waals surface area (Å²) in [4.78, 5) is 2.44. The zero-order valence-electron chi connectivity index (χ0n) is 13.8. The molecule has 6 heteroatoms. The average Bonchev–Trinajstić information content (AvgIpc) is 3.06. The lowest BCUT2D eigenvalue weighted by molar-refractivity contribution is 0.0969. The van der Waals surface area contributed by atoms with Crippen LogP contribution in [-0.4, -0.2) is 34.3 Å². The van der Waals surface area contributed by atoms with E-state index in [9.17, 15) is 0 Å². The fourth-order valence-electron chi connectivity index (χ4n) is 3.24. The van der Waals surface area contributed by atoms with Gasteiger partial charge in [-0.15, -0.1) is 12.4 Å². The molecule has 0 aliphatic carbocycles. The molecule has 1 aliphatic rings. The molecule has 3 aromatic rings. The van der Waals surface area contributed by atoms with Gasteiger partial charge in [0.25, 0.3) is 0 Å². The van der Waals surface area contributed by atoms with Crippen LogP contribution in [0, 0.1) is 0 Å². The van der Waals surface area contributed by atoms with Gasteiger partial charge < -0.3 is 4.74 Å². The Hall–Kier alpha value is -1.75. The monoisotopic (exact) mass is 377 g/mol. The summed E-state index contributed by atoms with van der Waals surface area (Å²) in [5.74, 6) is 0.924. The summed E-state index contributed by atoms with van der Waals surface area (Å²) in [7, 11) is 0. The molecule has 4 nitrogen and oxygen atoms in total. The molecule has 2 heterocycles. The van der Waals surface area contributed by atoms with Crippen molar-refractivity contribution < 1.29 is 4.74 Å². The van der Waals surface area contributed by atoms with Gasteiger partial charge in [-0.1, -0.05) is 29.8 Å². The first kappa shape index (κ1) is 18.1. The molecule has 0 spiro atoms. The van der Waals surface area contributed by atoms with E-state index >= 15 is 0 Å². The zero-order valence-corrected chi connectivity index (χ0v) is 15.4. The predicted molar refractivity (Wildman–Crippen MR) is 104 cm³/mol. The number of benzene rings is 2. The maximum absolute atomic E-state index is 6.26. The molecule has 4 rings (SSSR count). The molecule has 132 valence electrons. The van der Waals surface area contributed by atoms with Crippen molar-refractivity contribution in [2.45, 2.75) is 25.5 Å². The average molecular weight is 378 g/mol. The van der Waals surface area contributed by atoms with Gasteiger partial charge in [-0.25, -0.2) is 0 Å². The van der Waals surface area contributed by atoms with Crippen molar-refractivity contribution in [3.8, 4) is 5.75 Å². The van der Waals surface area contributed by atoms with E-state index in [4.69, 9.17) is 16.3 Å². The number of H-pyrrole nitrogens is 1. The first-order valence-corrected chi connectivity index (χ1v) is 8.71. The summed E-state index contributed by atoms with van der Waals surface area (Å²) in [6.07, 6.45) is 4.17. The van der Waals surface area contributed by atoms with Crippen LogP contribution < -0.4 is 4.74 Å². The van der Waals surface area contributed by atoms with E-state index in [0.717, 1.165) is 54.2 Å². The first-order chi connectivity index (χ1) is 11.8. The highest BCUT2D eigenvalue weighted by Crippen LogP contribution is 2.24. The molecule has 0 atom stereocenters. The highest BCUT2D eigenvalue weighted by atomic mass is 35.5. The number of aromatic amines is 1. The number of hydrogen-bond acceptors (Lipinski definition) is 3. The maximum atomic E-state index is 6.26. The number of nitrogens with one attached hydrogen (secondary N) is 1. The smallest absolute Gasteiger partial charge is 0.120 e. The number of likely N-dealkylation sites (tertiary alicyclic amines) is 1. The van der Waals surface area contributed by atoms with Crippen LogP contribution in [0.5, 0.6) is 5.75 Å². The minimum absolute atomic E-state index is 0. The fraction of sp³-hybridized carbons (Fsp3) is 0.316. The summed E-state index contributed by atoms with van der Waals surface area (Å²) >= 11 is 6.26. The van der Waals surface area contributed by atoms with Crippen molar-refractivity contribution in [3.63, 3.8) is 0 Å². The van der Waals surface area contributed by atoms with Crippen LogP contribution in [0.1, 0.15) is 18.4 Å². The molecule has 1 aromatic heterocycles. The standard InChI is InChI=1S/C19H20ClN3O.ClH/c20-18-4-2-1-3-14(18)13-23-9-7-16(8-10-23)24-17-5-6-19-15(11-17)12-21-22-19;/h1-6,11-12,16H,7-10,13H2,(H,21,22);1H. The molecular formula is C19H21Cl2N3O. The summed E-state index contributed by atoms with van der Waals surface area (Å²) in [5, 5.41) is 8.95. The Balaban J connectivity index is 0.00000182. The number of ether oxygens (including phenoxy) is 1. The Morgan fingerprint density at radius 1 is 1.16 bits per heavy atom. The van der Waals surface area contributed by atoms with Crippen molar-refractivity contribution in [1.82, 2.24) is 15.1 Å². The number of nitrogens with zero attached hydrogens (tertiary/aromatic N) is 2. The number of fused-ring (bicyclic) bond motifs is 1. The number of rotatable bonds is 4. The third-order valence-electron chi connectivity index (χ3n) is 4.60. The van der Waals surface area contributed by atoms with Crippen LogP contribution in [0.4, 0.5) is 0 Å². The topological polar surface area (TPSA) is 41.1 Å². The van der Waals surface area contributed by atoms with Crippen molar-refractivity contribution in [1.29, 1.82) is 0 Å². The third kappa shape index (κ3) is 4.27. The third-order valence-corrected chi connectivity index (χ3v) is 4.97. The molecule has 0 radical (unpaired) electrons. The lowest BCUT2D eigenvalue weighted by Gasteiger charge is -2.32. The second-order valence-electron chi connectivity index (χ2n) is 6.30. The Morgan fingerprint density at radius 3 is 2.76 bits per heavy atom. The molecule has 2 aromatic carbocycles. The second-order valence-corrected chi connectivity index (χ2v) is 6.71. The van der Waals surface area contributed by atoms with E-state index in [1.54, 1.807) is 0 Å². The molecule has 0 unspecified atom stereocenters. The minimum atomic E-state index is 0. The van der Waals surface area contributed by atoms with Gasteiger partial charge in [-0.05, 0) is 42.7 Å². The number of aromatic nitrogens is 2. The van der Waals surface area contributed by atoms with E-state index in [0.29, 0.717) is 0 Å². The molecule has 0 amide bonds. The van der Waals surface area contributed by atoms with E-state index in [1.165, 1.54) is 5.56 Å². The number of halogens is 2. The van der Waals surface area contributed by atoms with Crippen LogP contribution in [0.25, 0.3) is 10.9 Å². The summed E-state index contributed by atoms with van der Waals surface area (Å²) in [6.45, 7) is 2.97. The predicted octanol–water partition coefficient (Wildman–Crippen LogP) is 4.68.